The number of nitrogens with zero attached hydrogens (tertiary/aromatic N) is 1. The molecule has 0 aromatic heterocycles. The van der Waals surface area contributed by atoms with Gasteiger partial charge < -0.3 is 19.8 Å². The van der Waals surface area contributed by atoms with Gasteiger partial charge in [-0.05, 0) is 51.4 Å². The molecule has 3 unspecified atom stereocenters. The second-order valence-corrected chi connectivity index (χ2v) is 24.2. The topological polar surface area (TPSA) is 105 Å². The first-order valence-electron chi connectivity index (χ1n) is 31.5. The third-order valence-electron chi connectivity index (χ3n) is 14.3. The van der Waals surface area contributed by atoms with Crippen LogP contribution in [0.2, 0.25) is 0 Å². The van der Waals surface area contributed by atoms with Crippen molar-refractivity contribution in [3.05, 3.63) is 48.6 Å². The van der Waals surface area contributed by atoms with E-state index in [9.17, 15) is 19.4 Å². The summed E-state index contributed by atoms with van der Waals surface area (Å²) in [5, 5.41) is 14.0. The molecule has 0 fully saturated rings. The van der Waals surface area contributed by atoms with Crippen LogP contribution in [0.4, 0.5) is 0 Å². The summed E-state index contributed by atoms with van der Waals surface area (Å²) in [5.41, 5.74) is 0. The fourth-order valence-corrected chi connectivity index (χ4v) is 10.2. The first-order valence-corrected chi connectivity index (χ1v) is 33.0. The molecule has 430 valence electrons. The molecule has 3 atom stereocenters. The lowest BCUT2D eigenvalue weighted by molar-refractivity contribution is -0.870. The molecule has 0 aromatic rings. The molecule has 0 aliphatic carbocycles. The number of nitrogens with one attached hydrogen (secondary N) is 1. The summed E-state index contributed by atoms with van der Waals surface area (Å²) in [6.45, 7) is 4.78. The van der Waals surface area contributed by atoms with E-state index in [4.69, 9.17) is 9.05 Å². The van der Waals surface area contributed by atoms with E-state index < -0.39 is 20.0 Å². The van der Waals surface area contributed by atoms with Crippen LogP contribution in [0.1, 0.15) is 303 Å². The molecule has 1 amide bonds. The average molecular weight is 1050 g/mol. The molecular formula is C64H124N2O6P+. The molecule has 3 N–H and O–H groups in total. The standard InChI is InChI=1S/C64H123N2O6P/c1-6-8-10-12-14-16-18-19-20-21-22-23-24-25-26-27-28-29-30-31-32-33-34-35-36-37-38-39-40-41-42-43-44-45-46-47-48-50-52-54-56-58-64(68)65-62(61-72-73(69,70)71-60-59-66(3,4)5)63(67)57-55-53-51-49-17-15-13-11-9-7-2/h8,10,14,16,19-20,22-23,62-63,67H,6-7,9,11-13,15,17-18,21,24-61H2,1-5H3,(H-,65,68,69,70)/p+1/b10-8-,16-14-,20-19-,23-22-. The van der Waals surface area contributed by atoms with E-state index in [0.29, 0.717) is 23.9 Å². The van der Waals surface area contributed by atoms with Gasteiger partial charge >= 0.3 is 7.82 Å². The van der Waals surface area contributed by atoms with Gasteiger partial charge in [0.05, 0.1) is 39.9 Å². The summed E-state index contributed by atoms with van der Waals surface area (Å²) in [5.74, 6) is -0.141. The van der Waals surface area contributed by atoms with Gasteiger partial charge in [-0.25, -0.2) is 4.57 Å². The van der Waals surface area contributed by atoms with Gasteiger partial charge in [0.2, 0.25) is 5.91 Å². The number of phosphoric acid groups is 1. The number of hydrogen-bond donors (Lipinski definition) is 3. The van der Waals surface area contributed by atoms with E-state index in [1.165, 1.54) is 212 Å². The van der Waals surface area contributed by atoms with Gasteiger partial charge in [-0.2, -0.15) is 0 Å². The first-order chi connectivity index (χ1) is 35.5. The van der Waals surface area contributed by atoms with Crippen LogP contribution in [-0.4, -0.2) is 73.4 Å². The van der Waals surface area contributed by atoms with Crippen LogP contribution >= 0.6 is 7.82 Å². The molecule has 0 aliphatic rings. The lowest BCUT2D eigenvalue weighted by atomic mass is 10.0. The lowest BCUT2D eigenvalue weighted by Gasteiger charge is -2.26. The molecule has 0 saturated heterocycles. The average Bonchev–Trinajstić information content (AvgIpc) is 3.35. The predicted molar refractivity (Wildman–Crippen MR) is 318 cm³/mol. The maximum atomic E-state index is 13.0. The van der Waals surface area contributed by atoms with Crippen LogP contribution < -0.4 is 5.32 Å². The SMILES string of the molecule is CC/C=C\C/C=C\C/C=C\C/C=C\CCCCCCCCCCCCCCCCCCCCCCCCCCCCCCC(=O)NC(COP(=O)(O)OCC[N+](C)(C)C)C(O)CCCCCCCCCCCC. The van der Waals surface area contributed by atoms with Crippen molar-refractivity contribution in [2.24, 2.45) is 0 Å². The van der Waals surface area contributed by atoms with E-state index in [2.05, 4.69) is 67.8 Å². The van der Waals surface area contributed by atoms with Crippen LogP contribution in [0, 0.1) is 0 Å². The normalized spacial score (nSPS) is 14.1. The molecule has 0 radical (unpaired) electrons. The van der Waals surface area contributed by atoms with E-state index in [0.717, 1.165) is 64.2 Å². The Balaban J connectivity index is 3.76. The van der Waals surface area contributed by atoms with E-state index >= 15 is 0 Å². The summed E-state index contributed by atoms with van der Waals surface area (Å²) < 4.78 is 23.7. The number of aliphatic hydroxyl groups excluding tert-OH is 1. The summed E-state index contributed by atoms with van der Waals surface area (Å²) in [6.07, 6.45) is 73.7. The van der Waals surface area contributed by atoms with Crippen molar-refractivity contribution in [2.45, 2.75) is 315 Å². The van der Waals surface area contributed by atoms with Gasteiger partial charge in [0.25, 0.3) is 0 Å². The number of phosphoric ester groups is 1. The Kier molecular flexibility index (Phi) is 54.1. The highest BCUT2D eigenvalue weighted by atomic mass is 31.2. The van der Waals surface area contributed by atoms with Gasteiger partial charge in [-0.15, -0.1) is 0 Å². The van der Waals surface area contributed by atoms with Crippen molar-refractivity contribution >= 4 is 13.7 Å². The third kappa shape index (κ3) is 58.0. The smallest absolute Gasteiger partial charge is 0.391 e. The molecule has 73 heavy (non-hydrogen) atoms. The van der Waals surface area contributed by atoms with Crippen LogP contribution in [-0.2, 0) is 18.4 Å². The maximum Gasteiger partial charge on any atom is 0.472 e. The molecule has 0 heterocycles. The maximum absolute atomic E-state index is 13.0. The highest BCUT2D eigenvalue weighted by Crippen LogP contribution is 2.43. The molecular weight excluding hydrogens is 924 g/mol. The van der Waals surface area contributed by atoms with Gasteiger partial charge in [0, 0.05) is 6.42 Å². The quantitative estimate of drug-likeness (QED) is 0.0243. The Hall–Kier alpha value is -1.54. The van der Waals surface area contributed by atoms with Crippen molar-refractivity contribution < 1.29 is 32.9 Å². The molecule has 0 spiro atoms. The Morgan fingerprint density at radius 3 is 1.21 bits per heavy atom. The van der Waals surface area contributed by atoms with Gasteiger partial charge in [-0.3, -0.25) is 13.8 Å². The molecule has 0 aliphatic heterocycles. The number of likely N-dealkylation sites (N-methyl/N-ethyl adjacent to an activating group) is 1. The van der Waals surface area contributed by atoms with Crippen LogP contribution in [0.25, 0.3) is 0 Å². The highest BCUT2D eigenvalue weighted by molar-refractivity contribution is 7.47. The Bertz CT molecular complexity index is 1330. The van der Waals surface area contributed by atoms with Crippen LogP contribution in [0.5, 0.6) is 0 Å². The summed E-state index contributed by atoms with van der Waals surface area (Å²) >= 11 is 0. The zero-order valence-corrected chi connectivity index (χ0v) is 50.0. The monoisotopic (exact) mass is 1050 g/mol. The second kappa shape index (κ2) is 55.2. The zero-order valence-electron chi connectivity index (χ0n) is 49.1. The van der Waals surface area contributed by atoms with Gasteiger partial charge in [0.15, 0.2) is 0 Å². The van der Waals surface area contributed by atoms with E-state index in [1.807, 2.05) is 21.1 Å². The van der Waals surface area contributed by atoms with E-state index in [-0.39, 0.29) is 19.1 Å². The predicted octanol–water partition coefficient (Wildman–Crippen LogP) is 19.5. The number of aliphatic hydroxyl groups is 1. The number of unbranched alkanes of at least 4 members (excludes halogenated alkanes) is 37. The lowest BCUT2D eigenvalue weighted by Crippen LogP contribution is -2.46. The molecule has 0 saturated carbocycles. The van der Waals surface area contributed by atoms with Gasteiger partial charge in [0.1, 0.15) is 13.2 Å². The molecule has 8 nitrogen and oxygen atoms in total. The number of amides is 1. The zero-order chi connectivity index (χ0) is 53.5. The minimum atomic E-state index is -4.31. The number of carbonyl (C=O) groups excluding carboxylic acids is 1. The van der Waals surface area contributed by atoms with Crippen molar-refractivity contribution in [3.8, 4) is 0 Å². The molecule has 9 heteroatoms. The number of rotatable bonds is 58. The minimum Gasteiger partial charge on any atom is -0.391 e. The summed E-state index contributed by atoms with van der Waals surface area (Å²) in [7, 11) is 1.63. The fraction of sp³-hybridized carbons (Fsp3) is 0.859. The van der Waals surface area contributed by atoms with Crippen molar-refractivity contribution in [1.29, 1.82) is 0 Å². The number of allylic oxidation sites excluding steroid dienone is 8. The first kappa shape index (κ1) is 71.5. The van der Waals surface area contributed by atoms with Gasteiger partial charge in [-0.1, -0.05) is 294 Å². The number of hydrogen-bond acceptors (Lipinski definition) is 5. The Morgan fingerprint density at radius 2 is 0.822 bits per heavy atom. The number of carbonyl (C=O) groups is 1. The Morgan fingerprint density at radius 1 is 0.479 bits per heavy atom. The Labute approximate surface area is 454 Å². The number of quaternary nitrogens is 1. The largest absolute Gasteiger partial charge is 0.472 e. The minimum absolute atomic E-state index is 0.0765. The van der Waals surface area contributed by atoms with Crippen molar-refractivity contribution in [3.63, 3.8) is 0 Å². The van der Waals surface area contributed by atoms with E-state index in [1.54, 1.807) is 0 Å². The van der Waals surface area contributed by atoms with Crippen LogP contribution in [0.15, 0.2) is 48.6 Å². The summed E-state index contributed by atoms with van der Waals surface area (Å²) in [6, 6.07) is -0.756. The van der Waals surface area contributed by atoms with Crippen molar-refractivity contribution in [1.82, 2.24) is 5.32 Å². The molecule has 0 rings (SSSR count). The second-order valence-electron chi connectivity index (χ2n) is 22.8. The van der Waals surface area contributed by atoms with Crippen molar-refractivity contribution in [2.75, 3.05) is 40.9 Å². The molecule has 0 aromatic carbocycles. The third-order valence-corrected chi connectivity index (χ3v) is 15.3. The molecule has 0 bridgehead atoms. The van der Waals surface area contributed by atoms with Crippen LogP contribution in [0.3, 0.4) is 0 Å². The fourth-order valence-electron chi connectivity index (χ4n) is 9.45. The summed E-state index contributed by atoms with van der Waals surface area (Å²) in [4.78, 5) is 23.3. The highest BCUT2D eigenvalue weighted by Gasteiger charge is 2.28.